The van der Waals surface area contributed by atoms with E-state index in [0.29, 0.717) is 0 Å². The Bertz CT molecular complexity index is 2800. The molecule has 0 bridgehead atoms. The number of rotatable bonds is 3. The van der Waals surface area contributed by atoms with Crippen molar-refractivity contribution in [2.24, 2.45) is 0 Å². The molecule has 3 heterocycles. The standard InChI is InChI=1S/C48H29NOS/c1-2-12-30(13-3-1)37-28-43(32-22-24-36-35-16-6-10-20-44(35)50-45(36)27-32)49-29-38(37)31-23-25-47-42(26-31)48(41-19-9-11-21-46(41)51-47)39-17-7-4-14-33(39)34-15-5-8-18-40(34)48/h1-29H. The Kier molecular flexibility index (Phi) is 6.14. The molecule has 1 spiro atoms. The molecule has 1 aliphatic carbocycles. The zero-order chi connectivity index (χ0) is 33.5. The largest absolute Gasteiger partial charge is 0.456 e. The van der Waals surface area contributed by atoms with Crippen LogP contribution in [0.4, 0.5) is 0 Å². The maximum absolute atomic E-state index is 6.27. The average molecular weight is 668 g/mol. The van der Waals surface area contributed by atoms with Crippen LogP contribution in [0, 0.1) is 0 Å². The first-order valence-corrected chi connectivity index (χ1v) is 18.2. The number of aromatic nitrogens is 1. The molecule has 0 atom stereocenters. The van der Waals surface area contributed by atoms with Gasteiger partial charge in [-0.1, -0.05) is 139 Å². The Balaban J connectivity index is 1.13. The molecule has 2 aromatic heterocycles. The highest BCUT2D eigenvalue weighted by Crippen LogP contribution is 2.62. The van der Waals surface area contributed by atoms with Crippen molar-refractivity contribution in [2.45, 2.75) is 15.2 Å². The molecule has 2 nitrogen and oxygen atoms in total. The quantitative estimate of drug-likeness (QED) is 0.188. The van der Waals surface area contributed by atoms with Crippen LogP contribution < -0.4 is 0 Å². The van der Waals surface area contributed by atoms with E-state index < -0.39 is 5.41 Å². The fourth-order valence-electron chi connectivity index (χ4n) is 8.61. The van der Waals surface area contributed by atoms with Crippen molar-refractivity contribution in [3.8, 4) is 44.6 Å². The lowest BCUT2D eigenvalue weighted by Crippen LogP contribution is -2.32. The van der Waals surface area contributed by atoms with Crippen LogP contribution in [0.2, 0.25) is 0 Å². The summed E-state index contributed by atoms with van der Waals surface area (Å²) in [7, 11) is 0. The Morgan fingerprint density at radius 3 is 1.88 bits per heavy atom. The van der Waals surface area contributed by atoms with Gasteiger partial charge >= 0.3 is 0 Å². The lowest BCUT2D eigenvalue weighted by molar-refractivity contribution is 0.669. The molecule has 9 aromatic rings. The second-order valence-corrected chi connectivity index (χ2v) is 14.5. The molecule has 0 fully saturated rings. The van der Waals surface area contributed by atoms with Gasteiger partial charge < -0.3 is 4.42 Å². The third kappa shape index (κ3) is 4.10. The number of furan rings is 1. The van der Waals surface area contributed by atoms with E-state index >= 15 is 0 Å². The summed E-state index contributed by atoms with van der Waals surface area (Å²) in [5.74, 6) is 0. The molecule has 0 N–H and O–H groups in total. The van der Waals surface area contributed by atoms with Crippen LogP contribution in [0.3, 0.4) is 0 Å². The highest BCUT2D eigenvalue weighted by atomic mass is 32.2. The normalized spacial score (nSPS) is 13.6. The number of hydrogen-bond donors (Lipinski definition) is 0. The van der Waals surface area contributed by atoms with Crippen molar-refractivity contribution in [2.75, 3.05) is 0 Å². The Morgan fingerprint density at radius 1 is 0.412 bits per heavy atom. The number of fused-ring (bicyclic) bond motifs is 12. The summed E-state index contributed by atoms with van der Waals surface area (Å²) in [6.07, 6.45) is 2.06. The fraction of sp³-hybridized carbons (Fsp3) is 0.0208. The van der Waals surface area contributed by atoms with E-state index in [1.54, 1.807) is 0 Å². The summed E-state index contributed by atoms with van der Waals surface area (Å²) >= 11 is 1.87. The van der Waals surface area contributed by atoms with Gasteiger partial charge in [-0.05, 0) is 92.5 Å². The maximum Gasteiger partial charge on any atom is 0.136 e. The van der Waals surface area contributed by atoms with Crippen molar-refractivity contribution >= 4 is 33.7 Å². The Morgan fingerprint density at radius 2 is 1.06 bits per heavy atom. The van der Waals surface area contributed by atoms with Crippen molar-refractivity contribution in [3.63, 3.8) is 0 Å². The van der Waals surface area contributed by atoms with Crippen LogP contribution in [-0.4, -0.2) is 4.98 Å². The maximum atomic E-state index is 6.27. The molecular formula is C48H29NOS. The molecule has 7 aromatic carbocycles. The van der Waals surface area contributed by atoms with E-state index in [9.17, 15) is 0 Å². The van der Waals surface area contributed by atoms with Gasteiger partial charge in [-0.25, -0.2) is 0 Å². The van der Waals surface area contributed by atoms with Gasteiger partial charge in [0, 0.05) is 37.9 Å². The minimum Gasteiger partial charge on any atom is -0.456 e. The topological polar surface area (TPSA) is 26.0 Å². The first kappa shape index (κ1) is 28.7. The summed E-state index contributed by atoms with van der Waals surface area (Å²) in [5.41, 5.74) is 15.8. The van der Waals surface area contributed by atoms with Crippen LogP contribution >= 0.6 is 11.8 Å². The highest BCUT2D eigenvalue weighted by molar-refractivity contribution is 7.99. The summed E-state index contributed by atoms with van der Waals surface area (Å²) in [6, 6.07) is 61.6. The van der Waals surface area contributed by atoms with Gasteiger partial charge in [0.1, 0.15) is 11.2 Å². The van der Waals surface area contributed by atoms with E-state index in [1.807, 2.05) is 23.9 Å². The second-order valence-electron chi connectivity index (χ2n) is 13.4. The van der Waals surface area contributed by atoms with E-state index in [-0.39, 0.29) is 0 Å². The third-order valence-electron chi connectivity index (χ3n) is 10.8. The number of pyridine rings is 1. The second kappa shape index (κ2) is 10.9. The first-order valence-electron chi connectivity index (χ1n) is 17.4. The molecule has 0 radical (unpaired) electrons. The van der Waals surface area contributed by atoms with E-state index in [0.717, 1.165) is 55.4 Å². The molecule has 0 amide bonds. The summed E-state index contributed by atoms with van der Waals surface area (Å²) < 4.78 is 6.27. The molecule has 1 aliphatic heterocycles. The molecule has 0 saturated heterocycles. The predicted molar refractivity (Wildman–Crippen MR) is 209 cm³/mol. The van der Waals surface area contributed by atoms with Crippen molar-refractivity contribution < 1.29 is 4.42 Å². The van der Waals surface area contributed by atoms with Crippen molar-refractivity contribution in [1.82, 2.24) is 4.98 Å². The van der Waals surface area contributed by atoms with E-state index in [2.05, 4.69) is 164 Å². The minimum atomic E-state index is -0.428. The summed E-state index contributed by atoms with van der Waals surface area (Å²) in [4.78, 5) is 7.73. The van der Waals surface area contributed by atoms with Gasteiger partial charge in [0.05, 0.1) is 11.1 Å². The molecule has 2 aliphatic rings. The van der Waals surface area contributed by atoms with Crippen molar-refractivity contribution in [1.29, 1.82) is 0 Å². The van der Waals surface area contributed by atoms with Gasteiger partial charge in [0.15, 0.2) is 0 Å². The molecule has 238 valence electrons. The molecule has 3 heteroatoms. The summed E-state index contributed by atoms with van der Waals surface area (Å²) in [6.45, 7) is 0. The number of hydrogen-bond acceptors (Lipinski definition) is 3. The minimum absolute atomic E-state index is 0.428. The lowest BCUT2D eigenvalue weighted by atomic mass is 9.67. The van der Waals surface area contributed by atoms with Gasteiger partial charge in [0.25, 0.3) is 0 Å². The molecular weight excluding hydrogens is 639 g/mol. The van der Waals surface area contributed by atoms with Crippen LogP contribution in [0.5, 0.6) is 0 Å². The van der Waals surface area contributed by atoms with Crippen LogP contribution in [0.1, 0.15) is 22.3 Å². The fourth-order valence-corrected chi connectivity index (χ4v) is 9.78. The predicted octanol–water partition coefficient (Wildman–Crippen LogP) is 12.8. The number of benzene rings is 7. The van der Waals surface area contributed by atoms with Crippen LogP contribution in [0.15, 0.2) is 190 Å². The molecule has 0 unspecified atom stereocenters. The van der Waals surface area contributed by atoms with Crippen molar-refractivity contribution in [3.05, 3.63) is 198 Å². The molecule has 0 saturated carbocycles. The Hall–Kier alpha value is -6.16. The van der Waals surface area contributed by atoms with Crippen LogP contribution in [0.25, 0.3) is 66.6 Å². The lowest BCUT2D eigenvalue weighted by Gasteiger charge is -2.40. The summed E-state index contributed by atoms with van der Waals surface area (Å²) in [5, 5.41) is 2.25. The van der Waals surface area contributed by atoms with Gasteiger partial charge in [0.2, 0.25) is 0 Å². The van der Waals surface area contributed by atoms with Crippen LogP contribution in [-0.2, 0) is 5.41 Å². The smallest absolute Gasteiger partial charge is 0.136 e. The SMILES string of the molecule is c1ccc(-c2cc(-c3ccc4c(c3)oc3ccccc34)ncc2-c2ccc3c(c2)C2(c4ccccc4S3)c3ccccc3-c3ccccc32)cc1. The monoisotopic (exact) mass is 667 g/mol. The number of nitrogens with zero attached hydrogens (tertiary/aromatic N) is 1. The van der Waals surface area contributed by atoms with E-state index in [1.165, 1.54) is 43.2 Å². The van der Waals surface area contributed by atoms with Gasteiger partial charge in [-0.15, -0.1) is 0 Å². The van der Waals surface area contributed by atoms with Gasteiger partial charge in [-0.3, -0.25) is 4.98 Å². The highest BCUT2D eigenvalue weighted by Gasteiger charge is 2.50. The average Bonchev–Trinajstić information content (AvgIpc) is 3.72. The Labute approximate surface area is 300 Å². The third-order valence-corrected chi connectivity index (χ3v) is 12.0. The molecule has 11 rings (SSSR count). The number of para-hydroxylation sites is 1. The molecule has 51 heavy (non-hydrogen) atoms. The first-order chi connectivity index (χ1) is 25.3. The zero-order valence-corrected chi connectivity index (χ0v) is 28.3. The van der Waals surface area contributed by atoms with E-state index in [4.69, 9.17) is 9.40 Å². The van der Waals surface area contributed by atoms with Gasteiger partial charge in [-0.2, -0.15) is 0 Å². The zero-order valence-electron chi connectivity index (χ0n) is 27.5.